The van der Waals surface area contributed by atoms with E-state index < -0.39 is 0 Å². The van der Waals surface area contributed by atoms with E-state index in [-0.39, 0.29) is 12.5 Å². The van der Waals surface area contributed by atoms with Crippen molar-refractivity contribution < 1.29 is 19.0 Å². The summed E-state index contributed by atoms with van der Waals surface area (Å²) in [6.45, 7) is 0.982. The molecule has 0 unspecified atom stereocenters. The van der Waals surface area contributed by atoms with E-state index >= 15 is 0 Å². The summed E-state index contributed by atoms with van der Waals surface area (Å²) in [5.41, 5.74) is 1.42. The molecule has 0 aliphatic heterocycles. The van der Waals surface area contributed by atoms with Crippen LogP contribution in [0.15, 0.2) is 72.8 Å². The average Bonchev–Trinajstić information content (AvgIpc) is 2.77. The first-order chi connectivity index (χ1) is 14.6. The SMILES string of the molecule is COc1ccc(NCC(=O)Nc2ccc(OCCOc3ccccc3)cc2)cc1Cl. The van der Waals surface area contributed by atoms with Gasteiger partial charge in [-0.05, 0) is 54.6 Å². The van der Waals surface area contributed by atoms with Gasteiger partial charge in [-0.2, -0.15) is 0 Å². The number of halogens is 1. The lowest BCUT2D eigenvalue weighted by Gasteiger charge is -2.11. The van der Waals surface area contributed by atoms with E-state index in [4.69, 9.17) is 25.8 Å². The Morgan fingerprint density at radius 2 is 1.50 bits per heavy atom. The summed E-state index contributed by atoms with van der Waals surface area (Å²) in [5, 5.41) is 6.33. The number of methoxy groups -OCH3 is 1. The standard InChI is InChI=1S/C23H23ClN2O4/c1-28-22-12-9-18(15-21(22)24)25-16-23(27)26-17-7-10-20(11-8-17)30-14-13-29-19-5-3-2-4-6-19/h2-12,15,25H,13-14,16H2,1H3,(H,26,27). The second kappa shape index (κ2) is 11.0. The summed E-state index contributed by atoms with van der Waals surface area (Å²) in [4.78, 5) is 12.1. The summed E-state index contributed by atoms with van der Waals surface area (Å²) in [5.74, 6) is 1.92. The van der Waals surface area contributed by atoms with Crippen LogP contribution in [-0.4, -0.2) is 32.8 Å². The van der Waals surface area contributed by atoms with Crippen LogP contribution < -0.4 is 24.8 Å². The van der Waals surface area contributed by atoms with E-state index in [1.165, 1.54) is 0 Å². The minimum Gasteiger partial charge on any atom is -0.495 e. The van der Waals surface area contributed by atoms with E-state index in [1.807, 2.05) is 30.3 Å². The Morgan fingerprint density at radius 3 is 2.13 bits per heavy atom. The lowest BCUT2D eigenvalue weighted by atomic mass is 10.3. The number of hydrogen-bond acceptors (Lipinski definition) is 5. The van der Waals surface area contributed by atoms with Crippen molar-refractivity contribution in [1.29, 1.82) is 0 Å². The number of carbonyl (C=O) groups is 1. The zero-order valence-electron chi connectivity index (χ0n) is 16.6. The zero-order valence-corrected chi connectivity index (χ0v) is 17.3. The maximum atomic E-state index is 12.1. The van der Waals surface area contributed by atoms with Gasteiger partial charge in [0, 0.05) is 11.4 Å². The first-order valence-corrected chi connectivity index (χ1v) is 9.80. The van der Waals surface area contributed by atoms with E-state index in [1.54, 1.807) is 49.6 Å². The average molecular weight is 427 g/mol. The van der Waals surface area contributed by atoms with Crippen LogP contribution in [0.2, 0.25) is 5.02 Å². The zero-order chi connectivity index (χ0) is 21.2. The largest absolute Gasteiger partial charge is 0.495 e. The third-order valence-corrected chi connectivity index (χ3v) is 4.40. The Balaban J connectivity index is 1.39. The number of nitrogens with one attached hydrogen (secondary N) is 2. The molecule has 6 nitrogen and oxygen atoms in total. The molecular weight excluding hydrogens is 404 g/mol. The molecule has 0 saturated heterocycles. The van der Waals surface area contributed by atoms with Gasteiger partial charge in [-0.15, -0.1) is 0 Å². The molecule has 0 bridgehead atoms. The normalized spacial score (nSPS) is 10.2. The van der Waals surface area contributed by atoms with E-state index in [0.29, 0.717) is 35.4 Å². The van der Waals surface area contributed by atoms with E-state index in [9.17, 15) is 4.79 Å². The van der Waals surface area contributed by atoms with Gasteiger partial charge in [-0.1, -0.05) is 29.8 Å². The second-order valence-electron chi connectivity index (χ2n) is 6.29. The van der Waals surface area contributed by atoms with Crippen LogP contribution in [0, 0.1) is 0 Å². The third kappa shape index (κ3) is 6.60. The highest BCUT2D eigenvalue weighted by Gasteiger charge is 2.05. The predicted molar refractivity (Wildman–Crippen MR) is 119 cm³/mol. The second-order valence-corrected chi connectivity index (χ2v) is 6.69. The Kier molecular flexibility index (Phi) is 7.80. The van der Waals surface area contributed by atoms with Crippen LogP contribution in [0.4, 0.5) is 11.4 Å². The number of para-hydroxylation sites is 1. The minimum atomic E-state index is -0.174. The van der Waals surface area contributed by atoms with E-state index in [0.717, 1.165) is 11.4 Å². The van der Waals surface area contributed by atoms with Crippen molar-refractivity contribution in [3.63, 3.8) is 0 Å². The van der Waals surface area contributed by atoms with Crippen LogP contribution in [0.25, 0.3) is 0 Å². The summed E-state index contributed by atoms with van der Waals surface area (Å²) in [6, 6.07) is 22.0. The maximum absolute atomic E-state index is 12.1. The molecular formula is C23H23ClN2O4. The van der Waals surface area contributed by atoms with Crippen molar-refractivity contribution in [3.05, 3.63) is 77.8 Å². The van der Waals surface area contributed by atoms with Crippen molar-refractivity contribution in [3.8, 4) is 17.2 Å². The van der Waals surface area contributed by atoms with Gasteiger partial charge >= 0.3 is 0 Å². The fourth-order valence-corrected chi connectivity index (χ4v) is 2.89. The van der Waals surface area contributed by atoms with Gasteiger partial charge in [-0.3, -0.25) is 4.79 Å². The molecule has 7 heteroatoms. The Bertz CT molecular complexity index is 949. The molecule has 2 N–H and O–H groups in total. The van der Waals surface area contributed by atoms with Crippen molar-refractivity contribution in [2.24, 2.45) is 0 Å². The van der Waals surface area contributed by atoms with Gasteiger partial charge in [-0.25, -0.2) is 0 Å². The number of carbonyl (C=O) groups excluding carboxylic acids is 1. The molecule has 0 heterocycles. The van der Waals surface area contributed by atoms with E-state index in [2.05, 4.69) is 10.6 Å². The van der Waals surface area contributed by atoms with Crippen molar-refractivity contribution in [2.75, 3.05) is 37.5 Å². The fraction of sp³-hybridized carbons (Fsp3) is 0.174. The Morgan fingerprint density at radius 1 is 0.867 bits per heavy atom. The molecule has 1 amide bonds. The summed E-state index contributed by atoms with van der Waals surface area (Å²) in [7, 11) is 1.55. The highest BCUT2D eigenvalue weighted by Crippen LogP contribution is 2.27. The number of ether oxygens (including phenoxy) is 3. The number of rotatable bonds is 10. The van der Waals surface area contributed by atoms with Crippen molar-refractivity contribution in [1.82, 2.24) is 0 Å². The molecule has 0 aliphatic carbocycles. The van der Waals surface area contributed by atoms with Crippen LogP contribution in [0.5, 0.6) is 17.2 Å². The molecule has 0 atom stereocenters. The highest BCUT2D eigenvalue weighted by atomic mass is 35.5. The summed E-state index contributed by atoms with van der Waals surface area (Å²) < 4.78 is 16.3. The smallest absolute Gasteiger partial charge is 0.243 e. The molecule has 3 rings (SSSR count). The Labute approximate surface area is 180 Å². The van der Waals surface area contributed by atoms with Gasteiger partial charge in [0.2, 0.25) is 5.91 Å². The van der Waals surface area contributed by atoms with Gasteiger partial charge in [0.15, 0.2) is 0 Å². The van der Waals surface area contributed by atoms with Crippen molar-refractivity contribution in [2.45, 2.75) is 0 Å². The summed E-state index contributed by atoms with van der Waals surface area (Å²) in [6.07, 6.45) is 0. The monoisotopic (exact) mass is 426 g/mol. The predicted octanol–water partition coefficient (Wildman–Crippen LogP) is 4.86. The molecule has 0 spiro atoms. The highest BCUT2D eigenvalue weighted by molar-refractivity contribution is 6.32. The minimum absolute atomic E-state index is 0.109. The molecule has 0 radical (unpaired) electrons. The number of hydrogen-bond donors (Lipinski definition) is 2. The number of benzene rings is 3. The lowest BCUT2D eigenvalue weighted by Crippen LogP contribution is -2.21. The fourth-order valence-electron chi connectivity index (χ4n) is 2.63. The first kappa shape index (κ1) is 21.3. The molecule has 0 saturated carbocycles. The van der Waals surface area contributed by atoms with Crippen LogP contribution in [0.1, 0.15) is 0 Å². The number of anilines is 2. The molecule has 3 aromatic carbocycles. The van der Waals surface area contributed by atoms with Gasteiger partial charge in [0.25, 0.3) is 0 Å². The summed E-state index contributed by atoms with van der Waals surface area (Å²) >= 11 is 6.08. The third-order valence-electron chi connectivity index (χ3n) is 4.11. The Hall–Kier alpha value is -3.38. The maximum Gasteiger partial charge on any atom is 0.243 e. The van der Waals surface area contributed by atoms with Crippen LogP contribution >= 0.6 is 11.6 Å². The molecule has 0 aliphatic rings. The van der Waals surface area contributed by atoms with Gasteiger partial charge in [0.1, 0.15) is 30.5 Å². The molecule has 3 aromatic rings. The van der Waals surface area contributed by atoms with Crippen molar-refractivity contribution >= 4 is 28.9 Å². The quantitative estimate of drug-likeness (QED) is 0.453. The first-order valence-electron chi connectivity index (χ1n) is 9.42. The molecule has 0 aromatic heterocycles. The molecule has 30 heavy (non-hydrogen) atoms. The lowest BCUT2D eigenvalue weighted by molar-refractivity contribution is -0.114. The van der Waals surface area contributed by atoms with Gasteiger partial charge < -0.3 is 24.8 Å². The molecule has 0 fully saturated rings. The number of amides is 1. The van der Waals surface area contributed by atoms with Crippen LogP contribution in [0.3, 0.4) is 0 Å². The van der Waals surface area contributed by atoms with Gasteiger partial charge in [0.05, 0.1) is 18.7 Å². The topological polar surface area (TPSA) is 68.8 Å². The molecule has 156 valence electrons. The van der Waals surface area contributed by atoms with Crippen LogP contribution in [-0.2, 0) is 4.79 Å².